The Balaban J connectivity index is 1.50. The van der Waals surface area contributed by atoms with Crippen molar-refractivity contribution in [2.75, 3.05) is 53.0 Å². The fourth-order valence-electron chi connectivity index (χ4n) is 3.97. The molecule has 0 unspecified atom stereocenters. The molecule has 0 aromatic heterocycles. The first-order valence-electron chi connectivity index (χ1n) is 10.00. The van der Waals surface area contributed by atoms with Gasteiger partial charge in [-0.05, 0) is 47.4 Å². The summed E-state index contributed by atoms with van der Waals surface area (Å²) >= 11 is 1.84. The van der Waals surface area contributed by atoms with Crippen LogP contribution in [0.1, 0.15) is 17.5 Å². The molecule has 0 amide bonds. The zero-order valence-corrected chi connectivity index (χ0v) is 17.3. The highest BCUT2D eigenvalue weighted by Crippen LogP contribution is 2.46. The second kappa shape index (κ2) is 9.14. The van der Waals surface area contributed by atoms with E-state index in [1.165, 1.54) is 26.5 Å². The van der Waals surface area contributed by atoms with Crippen LogP contribution in [0.5, 0.6) is 5.75 Å². The van der Waals surface area contributed by atoms with Gasteiger partial charge in [0.25, 0.3) is 0 Å². The minimum Gasteiger partial charge on any atom is -0.497 e. The number of rotatable bonds is 6. The van der Waals surface area contributed by atoms with E-state index in [9.17, 15) is 0 Å². The van der Waals surface area contributed by atoms with E-state index >= 15 is 0 Å². The number of ether oxygens (including phenoxy) is 1. The number of aliphatic hydroxyl groups excluding tert-OH is 1. The van der Waals surface area contributed by atoms with E-state index in [-0.39, 0.29) is 6.61 Å². The average molecular weight is 397 g/mol. The Morgan fingerprint density at radius 3 is 2.43 bits per heavy atom. The van der Waals surface area contributed by atoms with Gasteiger partial charge in [-0.25, -0.2) is 0 Å². The van der Waals surface area contributed by atoms with Gasteiger partial charge in [-0.15, -0.1) is 0 Å². The van der Waals surface area contributed by atoms with Crippen molar-refractivity contribution < 1.29 is 9.84 Å². The lowest BCUT2D eigenvalue weighted by atomic mass is 9.95. The summed E-state index contributed by atoms with van der Waals surface area (Å²) < 4.78 is 5.48. The topological polar surface area (TPSA) is 35.9 Å². The predicted molar refractivity (Wildman–Crippen MR) is 115 cm³/mol. The molecule has 0 radical (unpaired) electrons. The minimum absolute atomic E-state index is 0.256. The van der Waals surface area contributed by atoms with Crippen LogP contribution >= 0.6 is 11.8 Å². The molecule has 28 heavy (non-hydrogen) atoms. The van der Waals surface area contributed by atoms with Gasteiger partial charge in [0, 0.05) is 49.1 Å². The normalized spacial score (nSPS) is 18.7. The van der Waals surface area contributed by atoms with Crippen LogP contribution < -0.4 is 4.74 Å². The zero-order valence-electron chi connectivity index (χ0n) is 16.4. The number of hydrogen-bond acceptors (Lipinski definition) is 5. The van der Waals surface area contributed by atoms with Gasteiger partial charge in [0.15, 0.2) is 0 Å². The van der Waals surface area contributed by atoms with Gasteiger partial charge in [-0.3, -0.25) is 4.90 Å². The number of hydrogen-bond donors (Lipinski definition) is 1. The maximum absolute atomic E-state index is 9.09. The molecule has 1 N–H and O–H groups in total. The fraction of sp³-hybridized carbons (Fsp3) is 0.391. The summed E-state index contributed by atoms with van der Waals surface area (Å²) in [4.78, 5) is 7.49. The smallest absolute Gasteiger partial charge is 0.119 e. The van der Waals surface area contributed by atoms with Gasteiger partial charge >= 0.3 is 0 Å². The molecule has 5 heteroatoms. The Morgan fingerprint density at radius 2 is 1.68 bits per heavy atom. The molecule has 1 saturated heterocycles. The van der Waals surface area contributed by atoms with E-state index in [0.717, 1.165) is 51.4 Å². The lowest BCUT2D eigenvalue weighted by Gasteiger charge is -2.34. The molecule has 2 aromatic rings. The number of aliphatic hydroxyl groups is 1. The van der Waals surface area contributed by atoms with Gasteiger partial charge in [-0.2, -0.15) is 0 Å². The standard InChI is InChI=1S/C23H28N2O2S/c1-27-18-8-9-23-21(17-18)19(20-5-2-3-7-22(20)28-23)6-4-10-24-11-13-25(14-12-24)15-16-26/h2-3,5-9,17,26H,4,10-16H2,1H3/b19-6-. The second-order valence-electron chi connectivity index (χ2n) is 7.27. The van der Waals surface area contributed by atoms with Crippen LogP contribution in [-0.2, 0) is 0 Å². The first-order valence-corrected chi connectivity index (χ1v) is 10.8. The van der Waals surface area contributed by atoms with Gasteiger partial charge in [0.1, 0.15) is 5.75 Å². The molecule has 1 fully saturated rings. The van der Waals surface area contributed by atoms with E-state index in [1.807, 2.05) is 17.8 Å². The summed E-state index contributed by atoms with van der Waals surface area (Å²) in [7, 11) is 1.73. The first-order chi connectivity index (χ1) is 13.8. The Labute approximate surface area is 171 Å². The molecule has 2 aliphatic rings. The molecule has 2 aromatic carbocycles. The number of methoxy groups -OCH3 is 1. The fourth-order valence-corrected chi connectivity index (χ4v) is 5.05. The molecule has 0 saturated carbocycles. The lowest BCUT2D eigenvalue weighted by Crippen LogP contribution is -2.47. The van der Waals surface area contributed by atoms with Crippen molar-refractivity contribution in [3.05, 3.63) is 59.7 Å². The summed E-state index contributed by atoms with van der Waals surface area (Å²) in [6.45, 7) is 6.40. The molecule has 0 bridgehead atoms. The van der Waals surface area contributed by atoms with Gasteiger partial charge in [-0.1, -0.05) is 36.0 Å². The number of benzene rings is 2. The van der Waals surface area contributed by atoms with Crippen molar-refractivity contribution in [1.82, 2.24) is 9.80 Å². The third kappa shape index (κ3) is 4.28. The van der Waals surface area contributed by atoms with Gasteiger partial charge < -0.3 is 14.7 Å². The van der Waals surface area contributed by atoms with Crippen molar-refractivity contribution in [1.29, 1.82) is 0 Å². The van der Waals surface area contributed by atoms with Crippen molar-refractivity contribution in [2.45, 2.75) is 16.2 Å². The SMILES string of the molecule is COc1ccc2c(c1)/C(=C\CCN1CCN(CCO)CC1)c1ccccc1S2. The monoisotopic (exact) mass is 396 g/mol. The first kappa shape index (κ1) is 19.5. The largest absolute Gasteiger partial charge is 0.497 e. The van der Waals surface area contributed by atoms with Crippen LogP contribution in [0.15, 0.2) is 58.3 Å². The molecule has 0 atom stereocenters. The van der Waals surface area contributed by atoms with E-state index in [2.05, 4.69) is 52.3 Å². The number of piperazine rings is 1. The van der Waals surface area contributed by atoms with Crippen LogP contribution in [0.3, 0.4) is 0 Å². The van der Waals surface area contributed by atoms with Crippen molar-refractivity contribution >= 4 is 17.3 Å². The lowest BCUT2D eigenvalue weighted by molar-refractivity contribution is 0.114. The van der Waals surface area contributed by atoms with Gasteiger partial charge in [0.05, 0.1) is 13.7 Å². The van der Waals surface area contributed by atoms with Crippen molar-refractivity contribution in [2.24, 2.45) is 0 Å². The maximum atomic E-state index is 9.09. The molecule has 4 rings (SSSR count). The Hall–Kier alpha value is -1.79. The maximum Gasteiger partial charge on any atom is 0.119 e. The molecular formula is C23H28N2O2S. The third-order valence-corrected chi connectivity index (χ3v) is 6.70. The number of fused-ring (bicyclic) bond motifs is 2. The Kier molecular flexibility index (Phi) is 6.37. The summed E-state index contributed by atoms with van der Waals surface area (Å²) in [6.07, 6.45) is 3.43. The predicted octanol–water partition coefficient (Wildman–Crippen LogP) is 3.59. The molecule has 148 valence electrons. The summed E-state index contributed by atoms with van der Waals surface area (Å²) in [5.74, 6) is 0.907. The third-order valence-electron chi connectivity index (χ3n) is 5.55. The number of β-amino-alcohol motifs (C(OH)–C–C–N with tert-alkyl or cyclic N) is 1. The number of nitrogens with zero attached hydrogens (tertiary/aromatic N) is 2. The van der Waals surface area contributed by atoms with Gasteiger partial charge in [0.2, 0.25) is 0 Å². The van der Waals surface area contributed by atoms with Crippen LogP contribution in [0.25, 0.3) is 5.57 Å². The highest BCUT2D eigenvalue weighted by atomic mass is 32.2. The summed E-state index contributed by atoms with van der Waals surface area (Å²) in [5, 5.41) is 9.09. The van der Waals surface area contributed by atoms with E-state index in [1.54, 1.807) is 7.11 Å². The van der Waals surface area contributed by atoms with E-state index in [4.69, 9.17) is 9.84 Å². The Morgan fingerprint density at radius 1 is 0.964 bits per heavy atom. The molecule has 2 aliphatic heterocycles. The minimum atomic E-state index is 0.256. The molecule has 0 spiro atoms. The molecule has 2 heterocycles. The quantitative estimate of drug-likeness (QED) is 0.689. The van der Waals surface area contributed by atoms with Crippen LogP contribution in [0, 0.1) is 0 Å². The van der Waals surface area contributed by atoms with Crippen molar-refractivity contribution in [3.8, 4) is 5.75 Å². The highest BCUT2D eigenvalue weighted by molar-refractivity contribution is 7.99. The molecule has 4 nitrogen and oxygen atoms in total. The zero-order chi connectivity index (χ0) is 19.3. The molecular weight excluding hydrogens is 368 g/mol. The summed E-state index contributed by atoms with van der Waals surface area (Å²) in [6, 6.07) is 15.1. The Bertz CT molecular complexity index is 844. The van der Waals surface area contributed by atoms with Crippen LogP contribution in [0.2, 0.25) is 0 Å². The van der Waals surface area contributed by atoms with E-state index in [0.29, 0.717) is 0 Å². The average Bonchev–Trinajstić information content (AvgIpc) is 2.74. The molecule has 0 aliphatic carbocycles. The van der Waals surface area contributed by atoms with Crippen LogP contribution in [0.4, 0.5) is 0 Å². The highest BCUT2D eigenvalue weighted by Gasteiger charge is 2.21. The van der Waals surface area contributed by atoms with E-state index < -0.39 is 0 Å². The van der Waals surface area contributed by atoms with Crippen molar-refractivity contribution in [3.63, 3.8) is 0 Å². The summed E-state index contributed by atoms with van der Waals surface area (Å²) in [5.41, 5.74) is 3.92. The van der Waals surface area contributed by atoms with Crippen LogP contribution in [-0.4, -0.2) is 67.9 Å². The second-order valence-corrected chi connectivity index (χ2v) is 8.36.